The SMILES string of the molecule is CNC(C)c1ccc(Oc2cc(C)ccc2Cl)cc1Br. The van der Waals surface area contributed by atoms with Crippen LogP contribution in [0.1, 0.15) is 24.1 Å². The first-order chi connectivity index (χ1) is 9.51. The zero-order chi connectivity index (χ0) is 14.7. The van der Waals surface area contributed by atoms with Gasteiger partial charge in [0.05, 0.1) is 5.02 Å². The molecule has 106 valence electrons. The summed E-state index contributed by atoms with van der Waals surface area (Å²) in [5.41, 5.74) is 2.30. The summed E-state index contributed by atoms with van der Waals surface area (Å²) in [5, 5.41) is 3.83. The molecule has 0 spiro atoms. The number of halogens is 2. The van der Waals surface area contributed by atoms with Crippen molar-refractivity contribution in [3.63, 3.8) is 0 Å². The third kappa shape index (κ3) is 3.54. The van der Waals surface area contributed by atoms with Crippen LogP contribution in [0, 0.1) is 6.92 Å². The number of nitrogens with one attached hydrogen (secondary N) is 1. The molecule has 2 nitrogen and oxygen atoms in total. The highest BCUT2D eigenvalue weighted by Crippen LogP contribution is 2.33. The number of ether oxygens (including phenoxy) is 1. The fourth-order valence-corrected chi connectivity index (χ4v) is 2.75. The van der Waals surface area contributed by atoms with Gasteiger partial charge < -0.3 is 10.1 Å². The first kappa shape index (κ1) is 15.4. The van der Waals surface area contributed by atoms with Crippen molar-refractivity contribution in [1.82, 2.24) is 5.32 Å². The summed E-state index contributed by atoms with van der Waals surface area (Å²) in [5.74, 6) is 1.43. The lowest BCUT2D eigenvalue weighted by Gasteiger charge is -2.14. The van der Waals surface area contributed by atoms with E-state index >= 15 is 0 Å². The van der Waals surface area contributed by atoms with Crippen molar-refractivity contribution in [2.45, 2.75) is 19.9 Å². The van der Waals surface area contributed by atoms with Crippen molar-refractivity contribution < 1.29 is 4.74 Å². The number of hydrogen-bond acceptors (Lipinski definition) is 2. The molecule has 20 heavy (non-hydrogen) atoms. The number of aryl methyl sites for hydroxylation is 1. The number of benzene rings is 2. The van der Waals surface area contributed by atoms with Crippen LogP contribution in [0.3, 0.4) is 0 Å². The highest BCUT2D eigenvalue weighted by molar-refractivity contribution is 9.10. The number of hydrogen-bond donors (Lipinski definition) is 1. The largest absolute Gasteiger partial charge is 0.456 e. The Morgan fingerprint density at radius 3 is 2.60 bits per heavy atom. The van der Waals surface area contributed by atoms with Gasteiger partial charge in [0.2, 0.25) is 0 Å². The molecule has 0 aliphatic rings. The Morgan fingerprint density at radius 1 is 1.20 bits per heavy atom. The van der Waals surface area contributed by atoms with E-state index in [1.54, 1.807) is 0 Å². The molecule has 2 rings (SSSR count). The van der Waals surface area contributed by atoms with Crippen LogP contribution in [0.5, 0.6) is 11.5 Å². The van der Waals surface area contributed by atoms with Crippen molar-refractivity contribution in [3.8, 4) is 11.5 Å². The van der Waals surface area contributed by atoms with E-state index in [1.807, 2.05) is 50.4 Å². The molecule has 1 N–H and O–H groups in total. The topological polar surface area (TPSA) is 21.3 Å². The van der Waals surface area contributed by atoms with Gasteiger partial charge in [0.25, 0.3) is 0 Å². The van der Waals surface area contributed by atoms with Crippen molar-refractivity contribution in [1.29, 1.82) is 0 Å². The Morgan fingerprint density at radius 2 is 1.95 bits per heavy atom. The zero-order valence-electron chi connectivity index (χ0n) is 11.7. The molecule has 0 fully saturated rings. The molecule has 0 amide bonds. The van der Waals surface area contributed by atoms with Crippen molar-refractivity contribution in [2.75, 3.05) is 7.05 Å². The van der Waals surface area contributed by atoms with Gasteiger partial charge in [-0.05, 0) is 56.3 Å². The fourth-order valence-electron chi connectivity index (χ4n) is 1.89. The quantitative estimate of drug-likeness (QED) is 0.784. The second-order valence-corrected chi connectivity index (χ2v) is 5.99. The van der Waals surface area contributed by atoms with Crippen LogP contribution in [-0.2, 0) is 0 Å². The van der Waals surface area contributed by atoms with Crippen LogP contribution in [0.25, 0.3) is 0 Å². The lowest BCUT2D eigenvalue weighted by Crippen LogP contribution is -2.12. The summed E-state index contributed by atoms with van der Waals surface area (Å²) >= 11 is 9.73. The maximum atomic E-state index is 6.14. The van der Waals surface area contributed by atoms with Crippen LogP contribution in [-0.4, -0.2) is 7.05 Å². The second-order valence-electron chi connectivity index (χ2n) is 4.73. The Hall–Kier alpha value is -1.03. The average molecular weight is 355 g/mol. The van der Waals surface area contributed by atoms with E-state index in [9.17, 15) is 0 Å². The van der Waals surface area contributed by atoms with Crippen molar-refractivity contribution in [3.05, 3.63) is 57.0 Å². The van der Waals surface area contributed by atoms with E-state index in [1.165, 1.54) is 5.56 Å². The van der Waals surface area contributed by atoms with E-state index < -0.39 is 0 Å². The van der Waals surface area contributed by atoms with Gasteiger partial charge in [-0.3, -0.25) is 0 Å². The third-order valence-corrected chi connectivity index (χ3v) is 4.18. The Bertz CT molecular complexity index is 615. The minimum absolute atomic E-state index is 0.279. The van der Waals surface area contributed by atoms with Gasteiger partial charge in [-0.2, -0.15) is 0 Å². The molecular weight excluding hydrogens is 338 g/mol. The predicted octanol–water partition coefficient (Wildman–Crippen LogP) is 5.48. The molecule has 0 heterocycles. The smallest absolute Gasteiger partial charge is 0.146 e. The van der Waals surface area contributed by atoms with Crippen molar-refractivity contribution in [2.24, 2.45) is 0 Å². The average Bonchev–Trinajstić information content (AvgIpc) is 2.42. The molecule has 0 aliphatic heterocycles. The number of rotatable bonds is 4. The van der Waals surface area contributed by atoms with Crippen LogP contribution >= 0.6 is 27.5 Å². The van der Waals surface area contributed by atoms with Crippen LogP contribution in [0.15, 0.2) is 40.9 Å². The fraction of sp³-hybridized carbons (Fsp3) is 0.250. The Kier molecular flexibility index (Phi) is 5.08. The monoisotopic (exact) mass is 353 g/mol. The van der Waals surface area contributed by atoms with Crippen LogP contribution < -0.4 is 10.1 Å². The molecule has 2 aromatic rings. The van der Waals surface area contributed by atoms with Crippen LogP contribution in [0.2, 0.25) is 5.02 Å². The second kappa shape index (κ2) is 6.61. The Labute approximate surface area is 133 Å². The molecule has 0 saturated carbocycles. The van der Waals surface area contributed by atoms with E-state index in [4.69, 9.17) is 16.3 Å². The minimum Gasteiger partial charge on any atom is -0.456 e. The molecule has 1 atom stereocenters. The maximum absolute atomic E-state index is 6.14. The lowest BCUT2D eigenvalue weighted by atomic mass is 10.1. The van der Waals surface area contributed by atoms with Crippen LogP contribution in [0.4, 0.5) is 0 Å². The first-order valence-corrected chi connectivity index (χ1v) is 7.59. The predicted molar refractivity (Wildman–Crippen MR) is 87.9 cm³/mol. The molecule has 4 heteroatoms. The molecular formula is C16H17BrClNO. The molecule has 0 aromatic heterocycles. The molecule has 0 radical (unpaired) electrons. The normalized spacial score (nSPS) is 12.2. The lowest BCUT2D eigenvalue weighted by molar-refractivity contribution is 0.481. The first-order valence-electron chi connectivity index (χ1n) is 6.42. The summed E-state index contributed by atoms with van der Waals surface area (Å²) in [4.78, 5) is 0. The zero-order valence-corrected chi connectivity index (χ0v) is 14.0. The van der Waals surface area contributed by atoms with Gasteiger partial charge >= 0.3 is 0 Å². The summed E-state index contributed by atoms with van der Waals surface area (Å²) in [7, 11) is 1.94. The van der Waals surface area contributed by atoms with E-state index in [-0.39, 0.29) is 6.04 Å². The van der Waals surface area contributed by atoms with Gasteiger partial charge in [-0.25, -0.2) is 0 Å². The Balaban J connectivity index is 2.26. The molecule has 0 aliphatic carbocycles. The summed E-state index contributed by atoms with van der Waals surface area (Å²) in [6, 6.07) is 12.0. The van der Waals surface area contributed by atoms with Gasteiger partial charge in [0.1, 0.15) is 11.5 Å². The minimum atomic E-state index is 0.279. The standard InChI is InChI=1S/C16H17BrClNO/c1-10-4-7-15(18)16(8-10)20-12-5-6-13(11(2)19-3)14(17)9-12/h4-9,11,19H,1-3H3. The van der Waals surface area contributed by atoms with Gasteiger partial charge in [0.15, 0.2) is 0 Å². The highest BCUT2D eigenvalue weighted by atomic mass is 79.9. The molecule has 2 aromatic carbocycles. The highest BCUT2D eigenvalue weighted by Gasteiger charge is 2.10. The summed E-state index contributed by atoms with van der Waals surface area (Å²) in [6.07, 6.45) is 0. The maximum Gasteiger partial charge on any atom is 0.146 e. The van der Waals surface area contributed by atoms with Gasteiger partial charge in [-0.15, -0.1) is 0 Å². The summed E-state index contributed by atoms with van der Waals surface area (Å²) in [6.45, 7) is 4.12. The molecule has 1 unspecified atom stereocenters. The van der Waals surface area contributed by atoms with Crippen molar-refractivity contribution >= 4 is 27.5 Å². The van der Waals surface area contributed by atoms with E-state index in [2.05, 4.69) is 28.2 Å². The van der Waals surface area contributed by atoms with E-state index in [0.29, 0.717) is 10.8 Å². The third-order valence-electron chi connectivity index (χ3n) is 3.19. The van der Waals surface area contributed by atoms with Gasteiger partial charge in [0, 0.05) is 10.5 Å². The van der Waals surface area contributed by atoms with E-state index in [0.717, 1.165) is 15.8 Å². The molecule has 0 saturated heterocycles. The summed E-state index contributed by atoms with van der Waals surface area (Å²) < 4.78 is 6.87. The van der Waals surface area contributed by atoms with Gasteiger partial charge in [-0.1, -0.05) is 39.7 Å². The molecule has 0 bridgehead atoms.